The first-order valence-corrected chi connectivity index (χ1v) is 3.44. The Morgan fingerprint density at radius 1 is 1.27 bits per heavy atom. The van der Waals surface area contributed by atoms with Crippen molar-refractivity contribution in [3.05, 3.63) is 42.8 Å². The van der Waals surface area contributed by atoms with Crippen LogP contribution in [-0.2, 0) is 32.7 Å². The Kier molecular flexibility index (Phi) is 6.03. The predicted molar refractivity (Wildman–Crippen MR) is 43.3 cm³/mol. The van der Waals surface area contributed by atoms with Crippen LogP contribution in [0.5, 0.6) is 0 Å². The maximum Gasteiger partial charge on any atom is 3.00 e. The van der Waals surface area contributed by atoms with Gasteiger partial charge in [-0.1, -0.05) is 30.3 Å². The third kappa shape index (κ3) is 3.46. The van der Waals surface area contributed by atoms with Crippen LogP contribution >= 0.6 is 0 Å². The second-order valence-corrected chi connectivity index (χ2v) is 2.31. The molecular weight excluding hydrogens is 211 g/mol. The van der Waals surface area contributed by atoms with Crippen molar-refractivity contribution in [1.29, 1.82) is 0 Å². The zero-order chi connectivity index (χ0) is 7.40. The summed E-state index contributed by atoms with van der Waals surface area (Å²) >= 11 is 0. The molecule has 0 spiro atoms. The van der Waals surface area contributed by atoms with E-state index in [1.165, 1.54) is 0 Å². The SMILES string of the molecule is [CH2-]CC(N)c1ccccc1.[Y+3]. The Labute approximate surface area is 93.2 Å². The molecule has 0 heterocycles. The van der Waals surface area contributed by atoms with Crippen molar-refractivity contribution in [3.8, 4) is 0 Å². The minimum atomic E-state index is 0. The normalized spacial score (nSPS) is 11.8. The number of rotatable bonds is 2. The van der Waals surface area contributed by atoms with E-state index in [0.29, 0.717) is 0 Å². The van der Waals surface area contributed by atoms with Crippen LogP contribution in [0, 0.1) is 6.92 Å². The van der Waals surface area contributed by atoms with Gasteiger partial charge in [0, 0.05) is 6.04 Å². The first-order valence-electron chi connectivity index (χ1n) is 3.44. The van der Waals surface area contributed by atoms with Crippen molar-refractivity contribution >= 4 is 0 Å². The molecule has 0 bridgehead atoms. The molecule has 11 heavy (non-hydrogen) atoms. The van der Waals surface area contributed by atoms with Crippen LogP contribution in [0.3, 0.4) is 0 Å². The van der Waals surface area contributed by atoms with E-state index in [1.54, 1.807) is 0 Å². The smallest absolute Gasteiger partial charge is 0.342 e. The molecule has 2 heteroatoms. The Morgan fingerprint density at radius 3 is 2.27 bits per heavy atom. The van der Waals surface area contributed by atoms with E-state index < -0.39 is 0 Å². The molecule has 0 radical (unpaired) electrons. The van der Waals surface area contributed by atoms with Crippen molar-refractivity contribution in [2.24, 2.45) is 5.73 Å². The molecule has 0 aromatic heterocycles. The molecule has 1 nitrogen and oxygen atoms in total. The topological polar surface area (TPSA) is 26.0 Å². The van der Waals surface area contributed by atoms with Gasteiger partial charge in [0.15, 0.2) is 0 Å². The predicted octanol–water partition coefficient (Wildman–Crippen LogP) is 1.91. The molecule has 0 fully saturated rings. The Balaban J connectivity index is 0.000001000. The molecule has 0 aliphatic carbocycles. The van der Waals surface area contributed by atoms with E-state index in [-0.39, 0.29) is 38.8 Å². The van der Waals surface area contributed by atoms with Gasteiger partial charge in [-0.3, -0.25) is 0 Å². The van der Waals surface area contributed by atoms with Gasteiger partial charge in [0.2, 0.25) is 0 Å². The maximum atomic E-state index is 5.73. The molecule has 0 amide bonds. The van der Waals surface area contributed by atoms with Crippen LogP contribution in [0.4, 0.5) is 0 Å². The van der Waals surface area contributed by atoms with Gasteiger partial charge in [0.1, 0.15) is 0 Å². The summed E-state index contributed by atoms with van der Waals surface area (Å²) in [6, 6.07) is 10.1. The molecule has 1 aromatic carbocycles. The molecule has 0 aliphatic heterocycles. The number of hydrogen-bond acceptors (Lipinski definition) is 1. The quantitative estimate of drug-likeness (QED) is 0.761. The second kappa shape index (κ2) is 5.87. The molecular formula is C9H12NY+2. The van der Waals surface area contributed by atoms with Crippen molar-refractivity contribution in [2.45, 2.75) is 12.5 Å². The molecule has 1 aromatic rings. The number of hydrogen-bond donors (Lipinski definition) is 1. The van der Waals surface area contributed by atoms with Gasteiger partial charge in [-0.05, 0) is 5.56 Å². The molecule has 0 saturated heterocycles. The average Bonchev–Trinajstić information content (AvgIpc) is 2.05. The van der Waals surface area contributed by atoms with Crippen LogP contribution < -0.4 is 5.73 Å². The number of benzene rings is 1. The fraction of sp³-hybridized carbons (Fsp3) is 0.222. The fourth-order valence-electron chi connectivity index (χ4n) is 0.867. The summed E-state index contributed by atoms with van der Waals surface area (Å²) in [6.45, 7) is 3.74. The Bertz CT molecular complexity index is 186. The summed E-state index contributed by atoms with van der Waals surface area (Å²) in [4.78, 5) is 0. The van der Waals surface area contributed by atoms with Crippen LogP contribution in [0.25, 0.3) is 0 Å². The van der Waals surface area contributed by atoms with E-state index in [9.17, 15) is 0 Å². The van der Waals surface area contributed by atoms with Crippen LogP contribution in [0.2, 0.25) is 0 Å². The fourth-order valence-corrected chi connectivity index (χ4v) is 0.867. The summed E-state index contributed by atoms with van der Waals surface area (Å²) in [6.07, 6.45) is 0.754. The molecule has 2 N–H and O–H groups in total. The van der Waals surface area contributed by atoms with E-state index in [0.717, 1.165) is 12.0 Å². The molecule has 0 saturated carbocycles. The molecule has 0 aliphatic rings. The summed E-state index contributed by atoms with van der Waals surface area (Å²) < 4.78 is 0. The zero-order valence-corrected chi connectivity index (χ0v) is 9.37. The van der Waals surface area contributed by atoms with Crippen LogP contribution in [-0.4, -0.2) is 0 Å². The van der Waals surface area contributed by atoms with E-state index >= 15 is 0 Å². The first-order chi connectivity index (χ1) is 4.84. The number of nitrogens with two attached hydrogens (primary N) is 1. The standard InChI is InChI=1S/C9H12N.Y/c1-2-9(10)8-6-4-3-5-7-8;/h3-7,9H,1-2,10H2;/q-1;+3. The Hall–Kier alpha value is 0.284. The van der Waals surface area contributed by atoms with Crippen molar-refractivity contribution in [3.63, 3.8) is 0 Å². The van der Waals surface area contributed by atoms with Gasteiger partial charge in [-0.25, -0.2) is 0 Å². The zero-order valence-electron chi connectivity index (χ0n) is 6.53. The van der Waals surface area contributed by atoms with Crippen LogP contribution in [0.15, 0.2) is 30.3 Å². The monoisotopic (exact) mass is 223 g/mol. The summed E-state index contributed by atoms with van der Waals surface area (Å²) in [5.41, 5.74) is 6.90. The van der Waals surface area contributed by atoms with E-state index in [4.69, 9.17) is 5.73 Å². The van der Waals surface area contributed by atoms with E-state index in [1.807, 2.05) is 30.3 Å². The maximum absolute atomic E-state index is 5.73. The van der Waals surface area contributed by atoms with Gasteiger partial charge < -0.3 is 12.7 Å². The van der Waals surface area contributed by atoms with Crippen molar-refractivity contribution in [2.75, 3.05) is 0 Å². The first kappa shape index (κ1) is 11.3. The van der Waals surface area contributed by atoms with Gasteiger partial charge in [-0.2, -0.15) is 6.42 Å². The molecule has 1 rings (SSSR count). The van der Waals surface area contributed by atoms with Gasteiger partial charge in [-0.15, -0.1) is 0 Å². The summed E-state index contributed by atoms with van der Waals surface area (Å²) in [7, 11) is 0. The molecule has 1 unspecified atom stereocenters. The average molecular weight is 223 g/mol. The third-order valence-electron chi connectivity index (χ3n) is 1.54. The van der Waals surface area contributed by atoms with Gasteiger partial charge in [0.25, 0.3) is 0 Å². The molecule has 54 valence electrons. The minimum absolute atomic E-state index is 0. The van der Waals surface area contributed by atoms with E-state index in [2.05, 4.69) is 6.92 Å². The largest absolute Gasteiger partial charge is 3.00 e. The van der Waals surface area contributed by atoms with Crippen LogP contribution in [0.1, 0.15) is 18.0 Å². The van der Waals surface area contributed by atoms with Crippen molar-refractivity contribution in [1.82, 2.24) is 0 Å². The third-order valence-corrected chi connectivity index (χ3v) is 1.54. The Morgan fingerprint density at radius 2 is 1.82 bits per heavy atom. The van der Waals surface area contributed by atoms with Crippen molar-refractivity contribution < 1.29 is 32.7 Å². The minimum Gasteiger partial charge on any atom is -0.342 e. The van der Waals surface area contributed by atoms with Gasteiger partial charge >= 0.3 is 32.7 Å². The second-order valence-electron chi connectivity index (χ2n) is 2.31. The summed E-state index contributed by atoms with van der Waals surface area (Å²) in [5, 5.41) is 0. The molecule has 1 atom stereocenters. The van der Waals surface area contributed by atoms with Gasteiger partial charge in [0.05, 0.1) is 0 Å². The summed E-state index contributed by atoms with van der Waals surface area (Å²) in [5.74, 6) is 0.